The van der Waals surface area contributed by atoms with E-state index in [-0.39, 0.29) is 17.5 Å². The predicted molar refractivity (Wildman–Crippen MR) is 95.3 cm³/mol. The first-order valence-electron chi connectivity index (χ1n) is 8.65. The quantitative estimate of drug-likeness (QED) is 0.889. The number of hydrogen-bond acceptors (Lipinski definition) is 4. The maximum atomic E-state index is 12.7. The van der Waals surface area contributed by atoms with Crippen LogP contribution in [0.25, 0.3) is 0 Å². The third kappa shape index (κ3) is 3.62. The van der Waals surface area contributed by atoms with Crippen molar-refractivity contribution in [3.63, 3.8) is 0 Å². The molecule has 1 saturated heterocycles. The summed E-state index contributed by atoms with van der Waals surface area (Å²) in [6, 6.07) is 7.62. The van der Waals surface area contributed by atoms with E-state index in [1.807, 2.05) is 29.2 Å². The van der Waals surface area contributed by atoms with Gasteiger partial charge in [0.25, 0.3) is 5.91 Å². The van der Waals surface area contributed by atoms with Crippen molar-refractivity contribution in [3.8, 4) is 0 Å². The van der Waals surface area contributed by atoms with Crippen LogP contribution in [0, 0.1) is 6.92 Å². The van der Waals surface area contributed by atoms with Crippen LogP contribution in [0.4, 0.5) is 0 Å². The molecule has 0 spiro atoms. The topological polar surface area (TPSA) is 84.7 Å². The molecule has 0 saturated carbocycles. The molecule has 1 aliphatic heterocycles. The van der Waals surface area contributed by atoms with Crippen LogP contribution in [-0.2, 0) is 11.3 Å². The minimum absolute atomic E-state index is 0.0183. The normalized spacial score (nSPS) is 15.2. The largest absolute Gasteiger partial charge is 0.478 e. The average Bonchev–Trinajstić information content (AvgIpc) is 3.03. The Labute approximate surface area is 152 Å². The van der Waals surface area contributed by atoms with Gasteiger partial charge in [-0.2, -0.15) is 5.10 Å². The molecule has 2 aromatic rings. The molecule has 1 aromatic heterocycles. The standard InChI is InChI=1S/C19H23N3O4/c1-13-17(19(24)25)11-20-22(13)16-6-8-21(9-7-16)18(23)15-5-3-4-14(10-15)12-26-2/h3-5,10-11,16H,6-9,12H2,1-2H3,(H,24,25). The molecule has 0 bridgehead atoms. The second-order valence-corrected chi connectivity index (χ2v) is 6.55. The number of amides is 1. The number of nitrogens with zero attached hydrogens (tertiary/aromatic N) is 3. The van der Waals surface area contributed by atoms with E-state index < -0.39 is 5.97 Å². The highest BCUT2D eigenvalue weighted by molar-refractivity contribution is 5.94. The Bertz CT molecular complexity index is 807. The highest BCUT2D eigenvalue weighted by Gasteiger charge is 2.27. The fraction of sp³-hybridized carbons (Fsp3) is 0.421. The van der Waals surface area contributed by atoms with Crippen LogP contribution in [0.15, 0.2) is 30.5 Å². The van der Waals surface area contributed by atoms with E-state index >= 15 is 0 Å². The van der Waals surface area contributed by atoms with Gasteiger partial charge in [0, 0.05) is 25.8 Å². The number of carboxylic acid groups (broad SMARTS) is 1. The van der Waals surface area contributed by atoms with E-state index in [4.69, 9.17) is 9.84 Å². The molecule has 0 aliphatic carbocycles. The lowest BCUT2D eigenvalue weighted by atomic mass is 10.0. The van der Waals surface area contributed by atoms with Crippen LogP contribution >= 0.6 is 0 Å². The van der Waals surface area contributed by atoms with Crippen LogP contribution in [-0.4, -0.2) is 51.9 Å². The average molecular weight is 357 g/mol. The molecule has 3 rings (SSSR count). The number of carbonyl (C=O) groups is 2. The number of benzene rings is 1. The third-order valence-corrected chi connectivity index (χ3v) is 4.86. The van der Waals surface area contributed by atoms with E-state index in [0.717, 1.165) is 18.4 Å². The van der Waals surface area contributed by atoms with Gasteiger partial charge in [0.05, 0.1) is 24.5 Å². The van der Waals surface area contributed by atoms with Crippen molar-refractivity contribution >= 4 is 11.9 Å². The number of likely N-dealkylation sites (tertiary alicyclic amines) is 1. The molecule has 1 amide bonds. The molecular formula is C19H23N3O4. The smallest absolute Gasteiger partial charge is 0.339 e. The Morgan fingerprint density at radius 3 is 2.65 bits per heavy atom. The Morgan fingerprint density at radius 2 is 2.04 bits per heavy atom. The van der Waals surface area contributed by atoms with E-state index in [9.17, 15) is 9.59 Å². The summed E-state index contributed by atoms with van der Waals surface area (Å²) in [7, 11) is 1.63. The second kappa shape index (κ2) is 7.70. The van der Waals surface area contributed by atoms with Crippen molar-refractivity contribution in [2.24, 2.45) is 0 Å². The van der Waals surface area contributed by atoms with Gasteiger partial charge in [0.2, 0.25) is 0 Å². The number of piperidine rings is 1. The minimum Gasteiger partial charge on any atom is -0.478 e. The SMILES string of the molecule is COCc1cccc(C(=O)N2CCC(n3ncc(C(=O)O)c3C)CC2)c1. The van der Waals surface area contributed by atoms with Gasteiger partial charge in [0.15, 0.2) is 0 Å². The Kier molecular flexibility index (Phi) is 5.37. The van der Waals surface area contributed by atoms with Crippen molar-refractivity contribution in [2.45, 2.75) is 32.4 Å². The molecule has 138 valence electrons. The summed E-state index contributed by atoms with van der Waals surface area (Å²) in [4.78, 5) is 25.8. The third-order valence-electron chi connectivity index (χ3n) is 4.86. The van der Waals surface area contributed by atoms with Crippen LogP contribution in [0.2, 0.25) is 0 Å². The van der Waals surface area contributed by atoms with Crippen molar-refractivity contribution in [1.82, 2.24) is 14.7 Å². The minimum atomic E-state index is -0.961. The van der Waals surface area contributed by atoms with Gasteiger partial charge in [-0.1, -0.05) is 12.1 Å². The molecular weight excluding hydrogens is 334 g/mol. The Morgan fingerprint density at radius 1 is 1.31 bits per heavy atom. The van der Waals surface area contributed by atoms with Gasteiger partial charge in [-0.15, -0.1) is 0 Å². The van der Waals surface area contributed by atoms with Crippen molar-refractivity contribution < 1.29 is 19.4 Å². The summed E-state index contributed by atoms with van der Waals surface area (Å²) in [5.74, 6) is -0.942. The van der Waals surface area contributed by atoms with Gasteiger partial charge in [-0.25, -0.2) is 4.79 Å². The van der Waals surface area contributed by atoms with E-state index in [1.54, 1.807) is 18.7 Å². The maximum absolute atomic E-state index is 12.7. The molecule has 0 atom stereocenters. The molecule has 2 heterocycles. The maximum Gasteiger partial charge on any atom is 0.339 e. The number of aromatic carboxylic acids is 1. The Balaban J connectivity index is 1.66. The van der Waals surface area contributed by atoms with Gasteiger partial charge < -0.3 is 14.7 Å². The van der Waals surface area contributed by atoms with Crippen molar-refractivity contribution in [2.75, 3.05) is 20.2 Å². The van der Waals surface area contributed by atoms with Crippen LogP contribution in [0.3, 0.4) is 0 Å². The molecule has 0 radical (unpaired) electrons. The summed E-state index contributed by atoms with van der Waals surface area (Å²) >= 11 is 0. The number of carbonyl (C=O) groups excluding carboxylic acids is 1. The first kappa shape index (κ1) is 18.1. The molecule has 1 fully saturated rings. The zero-order chi connectivity index (χ0) is 18.7. The lowest BCUT2D eigenvalue weighted by molar-refractivity contribution is 0.0687. The number of methoxy groups -OCH3 is 1. The number of hydrogen-bond donors (Lipinski definition) is 1. The molecule has 26 heavy (non-hydrogen) atoms. The molecule has 0 unspecified atom stereocenters. The zero-order valence-corrected chi connectivity index (χ0v) is 15.0. The van der Waals surface area contributed by atoms with Crippen LogP contribution in [0.5, 0.6) is 0 Å². The number of aromatic nitrogens is 2. The summed E-state index contributed by atoms with van der Waals surface area (Å²) in [5, 5.41) is 13.4. The molecule has 1 aliphatic rings. The molecule has 1 aromatic carbocycles. The fourth-order valence-corrected chi connectivity index (χ4v) is 3.46. The molecule has 7 heteroatoms. The number of carboxylic acids is 1. The summed E-state index contributed by atoms with van der Waals surface area (Å²) < 4.78 is 6.91. The second-order valence-electron chi connectivity index (χ2n) is 6.55. The lowest BCUT2D eigenvalue weighted by Gasteiger charge is -2.32. The van der Waals surface area contributed by atoms with E-state index in [1.165, 1.54) is 6.20 Å². The first-order chi connectivity index (χ1) is 12.5. The van der Waals surface area contributed by atoms with Crippen LogP contribution in [0.1, 0.15) is 50.9 Å². The summed E-state index contributed by atoms with van der Waals surface area (Å²) in [6.45, 7) is 3.50. The fourth-order valence-electron chi connectivity index (χ4n) is 3.46. The first-order valence-corrected chi connectivity index (χ1v) is 8.65. The van der Waals surface area contributed by atoms with E-state index in [0.29, 0.717) is 31.0 Å². The van der Waals surface area contributed by atoms with Gasteiger partial charge in [0.1, 0.15) is 5.56 Å². The van der Waals surface area contributed by atoms with Gasteiger partial charge in [-0.3, -0.25) is 9.48 Å². The Hall–Kier alpha value is -2.67. The highest BCUT2D eigenvalue weighted by Crippen LogP contribution is 2.25. The monoisotopic (exact) mass is 357 g/mol. The molecule has 1 N–H and O–H groups in total. The number of ether oxygens (including phenoxy) is 1. The zero-order valence-electron chi connectivity index (χ0n) is 15.0. The molecule has 7 nitrogen and oxygen atoms in total. The van der Waals surface area contributed by atoms with Crippen LogP contribution < -0.4 is 0 Å². The summed E-state index contributed by atoms with van der Waals surface area (Å²) in [5.41, 5.74) is 2.54. The summed E-state index contributed by atoms with van der Waals surface area (Å²) in [6.07, 6.45) is 2.91. The van der Waals surface area contributed by atoms with Crippen molar-refractivity contribution in [1.29, 1.82) is 0 Å². The number of rotatable bonds is 5. The lowest BCUT2D eigenvalue weighted by Crippen LogP contribution is -2.39. The predicted octanol–water partition coefficient (Wildman–Crippen LogP) is 2.51. The van der Waals surface area contributed by atoms with Gasteiger partial charge >= 0.3 is 5.97 Å². The van der Waals surface area contributed by atoms with E-state index in [2.05, 4.69) is 5.10 Å². The van der Waals surface area contributed by atoms with Gasteiger partial charge in [-0.05, 0) is 37.5 Å². The van der Waals surface area contributed by atoms with Crippen molar-refractivity contribution in [3.05, 3.63) is 52.8 Å². The highest BCUT2D eigenvalue weighted by atomic mass is 16.5.